The van der Waals surface area contributed by atoms with Crippen LogP contribution in [0.3, 0.4) is 0 Å². The minimum atomic E-state index is -0.287. The summed E-state index contributed by atoms with van der Waals surface area (Å²) < 4.78 is 11.9. The number of ether oxygens (including phenoxy) is 2. The lowest BCUT2D eigenvalue weighted by atomic mass is 9.81. The van der Waals surface area contributed by atoms with Crippen molar-refractivity contribution in [2.75, 3.05) is 20.2 Å². The van der Waals surface area contributed by atoms with E-state index in [4.69, 9.17) is 9.47 Å². The highest BCUT2D eigenvalue weighted by Crippen LogP contribution is 2.41. The van der Waals surface area contributed by atoms with E-state index in [1.54, 1.807) is 13.3 Å². The fourth-order valence-electron chi connectivity index (χ4n) is 4.58. The number of hydrogen-bond donors (Lipinski definition) is 0. The van der Waals surface area contributed by atoms with Crippen molar-refractivity contribution < 1.29 is 14.3 Å². The van der Waals surface area contributed by atoms with Crippen LogP contribution in [-0.2, 0) is 12.0 Å². The van der Waals surface area contributed by atoms with Gasteiger partial charge in [0, 0.05) is 41.9 Å². The predicted molar refractivity (Wildman–Crippen MR) is 140 cm³/mol. The molecule has 6 heteroatoms. The van der Waals surface area contributed by atoms with E-state index in [9.17, 15) is 10.1 Å². The zero-order valence-electron chi connectivity index (χ0n) is 21.5. The Balaban J connectivity index is 1.73. The van der Waals surface area contributed by atoms with Gasteiger partial charge in [0.1, 0.15) is 12.4 Å². The minimum absolute atomic E-state index is 0.0205. The average molecular weight is 484 g/mol. The van der Waals surface area contributed by atoms with Crippen LogP contribution in [0.15, 0.2) is 60.8 Å². The quantitative estimate of drug-likeness (QED) is 0.429. The van der Waals surface area contributed by atoms with E-state index in [0.717, 1.165) is 22.3 Å². The molecule has 0 unspecified atom stereocenters. The molecule has 1 fully saturated rings. The molecule has 2 heterocycles. The Morgan fingerprint density at radius 3 is 2.44 bits per heavy atom. The highest BCUT2D eigenvalue weighted by Gasteiger charge is 2.30. The van der Waals surface area contributed by atoms with Crippen molar-refractivity contribution in [2.24, 2.45) is 5.92 Å². The van der Waals surface area contributed by atoms with Crippen molar-refractivity contribution in [1.29, 1.82) is 5.26 Å². The molecule has 0 aliphatic carbocycles. The fraction of sp³-hybridized carbons (Fsp3) is 0.367. The normalized spacial score (nSPS) is 14.2. The summed E-state index contributed by atoms with van der Waals surface area (Å²) in [6.07, 6.45) is 3.13. The van der Waals surface area contributed by atoms with Crippen LogP contribution in [0.4, 0.5) is 0 Å². The lowest BCUT2D eigenvalue weighted by molar-refractivity contribution is 0.0704. The molecule has 36 heavy (non-hydrogen) atoms. The number of amides is 1. The molecule has 0 bridgehead atoms. The van der Waals surface area contributed by atoms with Gasteiger partial charge in [0.05, 0.1) is 13.2 Å². The maximum atomic E-state index is 13.7. The van der Waals surface area contributed by atoms with Crippen molar-refractivity contribution in [3.05, 3.63) is 77.5 Å². The molecule has 0 radical (unpaired) electrons. The Kier molecular flexibility index (Phi) is 7.59. The number of piperidine rings is 1. The molecule has 2 aromatic carbocycles. The van der Waals surface area contributed by atoms with Gasteiger partial charge >= 0.3 is 0 Å². The maximum Gasteiger partial charge on any atom is 0.254 e. The number of aromatic nitrogens is 1. The SMILES string of the molecule is COc1cc(C(=O)N2CCC(C#N)CC2)c(C(C)(C)C)cc1-c1cccnc1OCc1ccccc1. The summed E-state index contributed by atoms with van der Waals surface area (Å²) in [5.74, 6) is 1.11. The van der Waals surface area contributed by atoms with Crippen molar-refractivity contribution in [3.63, 3.8) is 0 Å². The van der Waals surface area contributed by atoms with E-state index >= 15 is 0 Å². The summed E-state index contributed by atoms with van der Waals surface area (Å²) >= 11 is 0. The molecule has 0 spiro atoms. The standard InChI is InChI=1S/C30H33N3O3/c1-30(2,3)26-17-24(23-11-8-14-32-28(23)36-20-22-9-6-5-7-10-22)27(35-4)18-25(26)29(34)33-15-12-21(19-31)13-16-33/h5-11,14,17-18,21H,12-13,15-16,20H2,1-4H3. The number of pyridine rings is 1. The third-order valence-electron chi connectivity index (χ3n) is 6.62. The van der Waals surface area contributed by atoms with Gasteiger partial charge in [-0.25, -0.2) is 4.98 Å². The number of benzene rings is 2. The monoisotopic (exact) mass is 483 g/mol. The zero-order chi connectivity index (χ0) is 25.7. The summed E-state index contributed by atoms with van der Waals surface area (Å²) in [5.41, 5.74) is 3.97. The van der Waals surface area contributed by atoms with Gasteiger partial charge in [0.2, 0.25) is 5.88 Å². The maximum absolute atomic E-state index is 13.7. The topological polar surface area (TPSA) is 75.5 Å². The van der Waals surface area contributed by atoms with Crippen molar-refractivity contribution in [1.82, 2.24) is 9.88 Å². The second-order valence-corrected chi connectivity index (χ2v) is 10.2. The molecule has 3 aromatic rings. The Labute approximate surface area is 213 Å². The van der Waals surface area contributed by atoms with E-state index in [1.807, 2.05) is 59.5 Å². The van der Waals surface area contributed by atoms with E-state index in [-0.39, 0.29) is 17.2 Å². The van der Waals surface area contributed by atoms with E-state index < -0.39 is 0 Å². The van der Waals surface area contributed by atoms with Crippen LogP contribution in [0.2, 0.25) is 0 Å². The van der Waals surface area contributed by atoms with Gasteiger partial charge in [0.15, 0.2) is 0 Å². The van der Waals surface area contributed by atoms with Gasteiger partial charge in [0.25, 0.3) is 5.91 Å². The second kappa shape index (κ2) is 10.8. The van der Waals surface area contributed by atoms with E-state index in [0.29, 0.717) is 49.7 Å². The number of rotatable bonds is 6. The van der Waals surface area contributed by atoms with Crippen molar-refractivity contribution in [3.8, 4) is 28.8 Å². The molecule has 1 amide bonds. The first-order valence-electron chi connectivity index (χ1n) is 12.4. The first-order valence-corrected chi connectivity index (χ1v) is 12.4. The lowest BCUT2D eigenvalue weighted by Crippen LogP contribution is -2.39. The molecule has 1 aliphatic rings. The lowest BCUT2D eigenvalue weighted by Gasteiger charge is -2.32. The van der Waals surface area contributed by atoms with E-state index in [1.165, 1.54) is 0 Å². The third kappa shape index (κ3) is 5.52. The highest BCUT2D eigenvalue weighted by atomic mass is 16.5. The minimum Gasteiger partial charge on any atom is -0.496 e. The van der Waals surface area contributed by atoms with E-state index in [2.05, 4.69) is 31.8 Å². The molecule has 0 atom stereocenters. The van der Waals surface area contributed by atoms with Gasteiger partial charge in [-0.3, -0.25) is 4.79 Å². The Hall–Kier alpha value is -3.85. The molecule has 1 aromatic heterocycles. The summed E-state index contributed by atoms with van der Waals surface area (Å²) in [5, 5.41) is 9.23. The first kappa shape index (κ1) is 25.2. The number of methoxy groups -OCH3 is 1. The number of carbonyl (C=O) groups excluding carboxylic acids is 1. The first-order chi connectivity index (χ1) is 17.3. The van der Waals surface area contributed by atoms with Crippen LogP contribution in [0.5, 0.6) is 11.6 Å². The average Bonchev–Trinajstić information content (AvgIpc) is 2.91. The second-order valence-electron chi connectivity index (χ2n) is 10.2. The number of nitrogens with zero attached hydrogens (tertiary/aromatic N) is 3. The summed E-state index contributed by atoms with van der Waals surface area (Å²) in [6.45, 7) is 7.89. The molecule has 186 valence electrons. The van der Waals surface area contributed by atoms with Gasteiger partial charge < -0.3 is 14.4 Å². The number of likely N-dealkylation sites (tertiary alicyclic amines) is 1. The number of hydrogen-bond acceptors (Lipinski definition) is 5. The van der Waals surface area contributed by atoms with Crippen LogP contribution >= 0.6 is 0 Å². The summed E-state index contributed by atoms with van der Waals surface area (Å²) in [4.78, 5) is 20.0. The number of nitriles is 1. The molecule has 4 rings (SSSR count). The molecule has 1 aliphatic heterocycles. The summed E-state index contributed by atoms with van der Waals surface area (Å²) in [6, 6.07) is 20.0. The molecular formula is C30H33N3O3. The van der Waals surface area contributed by atoms with Crippen LogP contribution in [0.25, 0.3) is 11.1 Å². The molecule has 1 saturated heterocycles. The van der Waals surface area contributed by atoms with Crippen LogP contribution < -0.4 is 9.47 Å². The van der Waals surface area contributed by atoms with Crippen molar-refractivity contribution >= 4 is 5.91 Å². The Morgan fingerprint density at radius 1 is 1.08 bits per heavy atom. The zero-order valence-corrected chi connectivity index (χ0v) is 21.5. The van der Waals surface area contributed by atoms with Gasteiger partial charge in [-0.15, -0.1) is 0 Å². The highest BCUT2D eigenvalue weighted by molar-refractivity contribution is 5.98. The third-order valence-corrected chi connectivity index (χ3v) is 6.62. The largest absolute Gasteiger partial charge is 0.496 e. The van der Waals surface area contributed by atoms with Crippen LogP contribution in [0.1, 0.15) is 55.1 Å². The van der Waals surface area contributed by atoms with Crippen LogP contribution in [-0.4, -0.2) is 36.0 Å². The molecular weight excluding hydrogens is 450 g/mol. The van der Waals surface area contributed by atoms with Gasteiger partial charge in [-0.1, -0.05) is 51.1 Å². The van der Waals surface area contributed by atoms with Crippen LogP contribution in [0, 0.1) is 17.2 Å². The summed E-state index contributed by atoms with van der Waals surface area (Å²) in [7, 11) is 1.61. The molecule has 0 saturated carbocycles. The smallest absolute Gasteiger partial charge is 0.254 e. The van der Waals surface area contributed by atoms with Gasteiger partial charge in [-0.05, 0) is 53.6 Å². The number of carbonyl (C=O) groups is 1. The van der Waals surface area contributed by atoms with Crippen molar-refractivity contribution in [2.45, 2.75) is 45.6 Å². The fourth-order valence-corrected chi connectivity index (χ4v) is 4.58. The molecule has 6 nitrogen and oxygen atoms in total. The Morgan fingerprint density at radius 2 is 1.81 bits per heavy atom. The molecule has 0 N–H and O–H groups in total. The Bertz CT molecular complexity index is 1250. The van der Waals surface area contributed by atoms with Gasteiger partial charge in [-0.2, -0.15) is 5.26 Å². The predicted octanol–water partition coefficient (Wildman–Crippen LogP) is 6.01.